The Morgan fingerprint density at radius 3 is 2.76 bits per heavy atom. The SMILES string of the molecule is CCCNC(C)/C(C)=C/c1ccc(-c2ccccc2Cl)s1. The molecule has 1 unspecified atom stereocenters. The highest BCUT2D eigenvalue weighted by Crippen LogP contribution is 2.34. The molecule has 0 aliphatic carbocycles. The summed E-state index contributed by atoms with van der Waals surface area (Å²) in [6.45, 7) is 7.64. The molecule has 0 radical (unpaired) electrons. The number of nitrogens with one attached hydrogen (secondary N) is 1. The number of halogens is 1. The van der Waals surface area contributed by atoms with Crippen molar-refractivity contribution in [2.75, 3.05) is 6.54 Å². The van der Waals surface area contributed by atoms with E-state index in [4.69, 9.17) is 11.6 Å². The third-order valence-electron chi connectivity index (χ3n) is 3.52. The number of rotatable bonds is 6. The lowest BCUT2D eigenvalue weighted by atomic mass is 10.1. The first-order chi connectivity index (χ1) is 10.1. The van der Waals surface area contributed by atoms with Crippen molar-refractivity contribution in [2.24, 2.45) is 0 Å². The van der Waals surface area contributed by atoms with Crippen LogP contribution in [0.1, 0.15) is 32.1 Å². The summed E-state index contributed by atoms with van der Waals surface area (Å²) in [5, 5.41) is 4.32. The van der Waals surface area contributed by atoms with E-state index in [0.717, 1.165) is 23.6 Å². The van der Waals surface area contributed by atoms with Crippen LogP contribution in [0.5, 0.6) is 0 Å². The van der Waals surface area contributed by atoms with Gasteiger partial charge < -0.3 is 5.32 Å². The zero-order valence-corrected chi connectivity index (χ0v) is 14.4. The van der Waals surface area contributed by atoms with Crippen molar-refractivity contribution >= 4 is 29.0 Å². The molecule has 112 valence electrons. The molecule has 2 rings (SSSR count). The van der Waals surface area contributed by atoms with Gasteiger partial charge in [-0.2, -0.15) is 0 Å². The van der Waals surface area contributed by atoms with Gasteiger partial charge in [0.15, 0.2) is 0 Å². The van der Waals surface area contributed by atoms with Crippen molar-refractivity contribution in [3.05, 3.63) is 51.9 Å². The van der Waals surface area contributed by atoms with Gasteiger partial charge >= 0.3 is 0 Å². The van der Waals surface area contributed by atoms with Crippen LogP contribution < -0.4 is 5.32 Å². The molecule has 0 saturated heterocycles. The molecule has 0 fully saturated rings. The Labute approximate surface area is 136 Å². The molecule has 0 aliphatic rings. The molecule has 1 aromatic heterocycles. The quantitative estimate of drug-likeness (QED) is 0.703. The van der Waals surface area contributed by atoms with E-state index in [1.807, 2.05) is 18.2 Å². The van der Waals surface area contributed by atoms with Gasteiger partial charge in [0.05, 0.1) is 0 Å². The summed E-state index contributed by atoms with van der Waals surface area (Å²) in [6.07, 6.45) is 3.42. The molecule has 0 saturated carbocycles. The molecule has 1 nitrogen and oxygen atoms in total. The second kappa shape index (κ2) is 7.79. The summed E-state index contributed by atoms with van der Waals surface area (Å²) in [5.41, 5.74) is 2.47. The Morgan fingerprint density at radius 2 is 2.05 bits per heavy atom. The van der Waals surface area contributed by atoms with Gasteiger partial charge in [-0.25, -0.2) is 0 Å². The minimum absolute atomic E-state index is 0.413. The predicted octanol–water partition coefficient (Wildman–Crippen LogP) is 5.86. The molecule has 1 N–H and O–H groups in total. The molecule has 1 heterocycles. The summed E-state index contributed by atoms with van der Waals surface area (Å²) >= 11 is 8.04. The van der Waals surface area contributed by atoms with Gasteiger partial charge in [0.1, 0.15) is 0 Å². The number of thiophene rings is 1. The van der Waals surface area contributed by atoms with E-state index in [2.05, 4.69) is 50.4 Å². The molecular formula is C18H22ClNS. The highest BCUT2D eigenvalue weighted by Gasteiger charge is 2.07. The first-order valence-electron chi connectivity index (χ1n) is 7.38. The molecule has 0 aliphatic heterocycles. The second-order valence-electron chi connectivity index (χ2n) is 5.25. The molecule has 2 aromatic rings. The third kappa shape index (κ3) is 4.44. The first kappa shape index (κ1) is 16.3. The lowest BCUT2D eigenvalue weighted by molar-refractivity contribution is 0.604. The number of hydrogen-bond donors (Lipinski definition) is 1. The van der Waals surface area contributed by atoms with Gasteiger partial charge in [-0.1, -0.05) is 42.3 Å². The van der Waals surface area contributed by atoms with Crippen LogP contribution in [0.25, 0.3) is 16.5 Å². The third-order valence-corrected chi connectivity index (χ3v) is 4.91. The molecule has 3 heteroatoms. The van der Waals surface area contributed by atoms with Crippen LogP contribution >= 0.6 is 22.9 Å². The normalized spacial score (nSPS) is 13.4. The second-order valence-corrected chi connectivity index (χ2v) is 6.77. The van der Waals surface area contributed by atoms with Crippen LogP contribution in [0, 0.1) is 0 Å². The van der Waals surface area contributed by atoms with Gasteiger partial charge in [-0.05, 0) is 51.1 Å². The van der Waals surface area contributed by atoms with Crippen LogP contribution in [0.15, 0.2) is 42.0 Å². The maximum absolute atomic E-state index is 6.26. The molecule has 0 spiro atoms. The van der Waals surface area contributed by atoms with Gasteiger partial charge in [-0.3, -0.25) is 0 Å². The smallest absolute Gasteiger partial charge is 0.0492 e. The minimum Gasteiger partial charge on any atom is -0.311 e. The van der Waals surface area contributed by atoms with Gasteiger partial charge in [0, 0.05) is 26.4 Å². The molecule has 0 bridgehead atoms. The summed E-state index contributed by atoms with van der Waals surface area (Å²) in [4.78, 5) is 2.49. The number of benzene rings is 1. The monoisotopic (exact) mass is 319 g/mol. The van der Waals surface area contributed by atoms with Crippen LogP contribution in [0.2, 0.25) is 5.02 Å². The molecule has 21 heavy (non-hydrogen) atoms. The molecule has 1 atom stereocenters. The highest BCUT2D eigenvalue weighted by molar-refractivity contribution is 7.16. The Balaban J connectivity index is 2.15. The van der Waals surface area contributed by atoms with Crippen molar-refractivity contribution in [3.8, 4) is 10.4 Å². The van der Waals surface area contributed by atoms with E-state index in [1.54, 1.807) is 11.3 Å². The van der Waals surface area contributed by atoms with Crippen LogP contribution in [0.4, 0.5) is 0 Å². The maximum Gasteiger partial charge on any atom is 0.0492 e. The standard InChI is InChI=1S/C18H22ClNS/c1-4-11-20-14(3)13(2)12-15-9-10-18(21-15)16-7-5-6-8-17(16)19/h5-10,12,14,20H,4,11H2,1-3H3/b13-12+. The fourth-order valence-corrected chi connectivity index (χ4v) is 3.46. The Hall–Kier alpha value is -1.09. The highest BCUT2D eigenvalue weighted by atomic mass is 35.5. The Kier molecular flexibility index (Phi) is 6.04. The summed E-state index contributed by atoms with van der Waals surface area (Å²) in [5.74, 6) is 0. The molecule has 0 amide bonds. The first-order valence-corrected chi connectivity index (χ1v) is 8.57. The zero-order chi connectivity index (χ0) is 15.2. The number of hydrogen-bond acceptors (Lipinski definition) is 2. The van der Waals surface area contributed by atoms with E-state index >= 15 is 0 Å². The Bertz CT molecular complexity index is 615. The van der Waals surface area contributed by atoms with Gasteiger partial charge in [0.2, 0.25) is 0 Å². The minimum atomic E-state index is 0.413. The van der Waals surface area contributed by atoms with Crippen molar-refractivity contribution < 1.29 is 0 Å². The van der Waals surface area contributed by atoms with Crippen LogP contribution in [-0.2, 0) is 0 Å². The summed E-state index contributed by atoms with van der Waals surface area (Å²) < 4.78 is 0. The van der Waals surface area contributed by atoms with Crippen molar-refractivity contribution in [2.45, 2.75) is 33.2 Å². The van der Waals surface area contributed by atoms with Crippen molar-refractivity contribution in [1.29, 1.82) is 0 Å². The average molecular weight is 320 g/mol. The zero-order valence-electron chi connectivity index (χ0n) is 12.8. The topological polar surface area (TPSA) is 12.0 Å². The van der Waals surface area contributed by atoms with Crippen LogP contribution in [0.3, 0.4) is 0 Å². The lowest BCUT2D eigenvalue weighted by Crippen LogP contribution is -2.27. The van der Waals surface area contributed by atoms with Gasteiger partial charge in [0.25, 0.3) is 0 Å². The Morgan fingerprint density at radius 1 is 1.29 bits per heavy atom. The van der Waals surface area contributed by atoms with E-state index < -0.39 is 0 Å². The summed E-state index contributed by atoms with van der Waals surface area (Å²) in [7, 11) is 0. The fraction of sp³-hybridized carbons (Fsp3) is 0.333. The predicted molar refractivity (Wildman–Crippen MR) is 96.2 cm³/mol. The van der Waals surface area contributed by atoms with Crippen molar-refractivity contribution in [1.82, 2.24) is 5.32 Å². The maximum atomic E-state index is 6.26. The lowest BCUT2D eigenvalue weighted by Gasteiger charge is -2.13. The van der Waals surface area contributed by atoms with E-state index in [-0.39, 0.29) is 0 Å². The summed E-state index contributed by atoms with van der Waals surface area (Å²) in [6, 6.07) is 12.7. The van der Waals surface area contributed by atoms with Gasteiger partial charge in [-0.15, -0.1) is 11.3 Å². The van der Waals surface area contributed by atoms with E-state index in [9.17, 15) is 0 Å². The van der Waals surface area contributed by atoms with E-state index in [1.165, 1.54) is 15.3 Å². The fourth-order valence-electron chi connectivity index (χ4n) is 2.11. The largest absolute Gasteiger partial charge is 0.311 e. The molecule has 1 aromatic carbocycles. The van der Waals surface area contributed by atoms with E-state index in [0.29, 0.717) is 6.04 Å². The average Bonchev–Trinajstić information content (AvgIpc) is 2.93. The molecular weight excluding hydrogens is 298 g/mol. The van der Waals surface area contributed by atoms with Crippen LogP contribution in [-0.4, -0.2) is 12.6 Å². The van der Waals surface area contributed by atoms with Crippen molar-refractivity contribution in [3.63, 3.8) is 0 Å².